The molecule has 1 N–H and O–H groups in total. The Bertz CT molecular complexity index is 559. The lowest BCUT2D eigenvalue weighted by atomic mass is 10.4. The van der Waals surface area contributed by atoms with E-state index in [1.54, 1.807) is 18.6 Å². The molecular weight excluding hydrogens is 252 g/mol. The Balaban J connectivity index is 2.13. The van der Waals surface area contributed by atoms with Gasteiger partial charge in [-0.25, -0.2) is 9.78 Å². The molecule has 0 bridgehead atoms. The highest BCUT2D eigenvalue weighted by Crippen LogP contribution is 2.29. The minimum absolute atomic E-state index is 0.245. The highest BCUT2D eigenvalue weighted by Gasteiger charge is 2.15. The summed E-state index contributed by atoms with van der Waals surface area (Å²) in [5.41, 5.74) is 0.928. The van der Waals surface area contributed by atoms with Gasteiger partial charge in [0.2, 0.25) is 0 Å². The van der Waals surface area contributed by atoms with Gasteiger partial charge in [0.25, 0.3) is 0 Å². The Morgan fingerprint density at radius 1 is 1.61 bits per heavy atom. The van der Waals surface area contributed by atoms with Crippen LogP contribution in [0.15, 0.2) is 18.6 Å². The van der Waals surface area contributed by atoms with Crippen LogP contribution in [-0.2, 0) is 13.2 Å². The third-order valence-corrected chi connectivity index (χ3v) is 3.55. The molecule has 2 aromatic rings. The van der Waals surface area contributed by atoms with Gasteiger partial charge in [0.05, 0.1) is 18.2 Å². The number of nitrogens with zero attached hydrogens (tertiary/aromatic N) is 2. The molecule has 0 fully saturated rings. The summed E-state index contributed by atoms with van der Waals surface area (Å²) < 4.78 is 7.53. The number of aryl methyl sites for hydroxylation is 2. The van der Waals surface area contributed by atoms with Gasteiger partial charge in [-0.3, -0.25) is 0 Å². The molecule has 0 aliphatic rings. The number of ether oxygens (including phenoxy) is 1. The first-order chi connectivity index (χ1) is 8.61. The fourth-order valence-electron chi connectivity index (χ4n) is 1.65. The van der Waals surface area contributed by atoms with Gasteiger partial charge < -0.3 is 14.4 Å². The average Bonchev–Trinajstić information content (AvgIpc) is 2.91. The van der Waals surface area contributed by atoms with E-state index in [0.29, 0.717) is 12.4 Å². The molecule has 0 amide bonds. The predicted octanol–water partition coefficient (Wildman–Crippen LogP) is 2.55. The number of aromatic nitrogens is 2. The van der Waals surface area contributed by atoms with Crippen molar-refractivity contribution in [2.75, 3.05) is 0 Å². The lowest BCUT2D eigenvalue weighted by Crippen LogP contribution is -2.05. The fraction of sp³-hybridized carbons (Fsp3) is 0.333. The maximum atomic E-state index is 11.0. The quantitative estimate of drug-likeness (QED) is 0.903. The van der Waals surface area contributed by atoms with Gasteiger partial charge in [-0.1, -0.05) is 0 Å². The lowest BCUT2D eigenvalue weighted by molar-refractivity contribution is 0.0697. The lowest BCUT2D eigenvalue weighted by Gasteiger charge is -2.07. The number of aromatic carboxylic acids is 1. The largest absolute Gasteiger partial charge is 0.486 e. The first-order valence-electron chi connectivity index (χ1n) is 5.57. The van der Waals surface area contributed by atoms with Crippen molar-refractivity contribution < 1.29 is 14.6 Å². The SMILES string of the molecule is CCn1cncc1COc1cc(C)sc1C(=O)O. The van der Waals surface area contributed by atoms with Gasteiger partial charge in [0.1, 0.15) is 12.4 Å². The number of imidazole rings is 1. The molecule has 0 unspecified atom stereocenters. The van der Waals surface area contributed by atoms with E-state index in [9.17, 15) is 4.79 Å². The molecule has 2 rings (SSSR count). The maximum absolute atomic E-state index is 11.0. The number of carbonyl (C=O) groups is 1. The molecule has 0 aliphatic carbocycles. The molecule has 0 spiro atoms. The number of carboxylic acids is 1. The van der Waals surface area contributed by atoms with Crippen molar-refractivity contribution >= 4 is 17.3 Å². The second kappa shape index (κ2) is 5.22. The second-order valence-electron chi connectivity index (χ2n) is 3.82. The van der Waals surface area contributed by atoms with E-state index in [1.807, 2.05) is 18.4 Å². The summed E-state index contributed by atoms with van der Waals surface area (Å²) in [6.07, 6.45) is 3.46. The molecule has 2 aromatic heterocycles. The van der Waals surface area contributed by atoms with Gasteiger partial charge in [0, 0.05) is 11.4 Å². The van der Waals surface area contributed by atoms with Crippen LogP contribution in [0, 0.1) is 6.92 Å². The third-order valence-electron chi connectivity index (χ3n) is 2.53. The van der Waals surface area contributed by atoms with Crippen LogP contribution in [-0.4, -0.2) is 20.6 Å². The van der Waals surface area contributed by atoms with Gasteiger partial charge in [-0.15, -0.1) is 11.3 Å². The molecule has 96 valence electrons. The average molecular weight is 266 g/mol. The Hall–Kier alpha value is -1.82. The topological polar surface area (TPSA) is 64.4 Å². The van der Waals surface area contributed by atoms with E-state index >= 15 is 0 Å². The van der Waals surface area contributed by atoms with E-state index < -0.39 is 5.97 Å². The first kappa shape index (κ1) is 12.6. The van der Waals surface area contributed by atoms with Gasteiger partial charge in [-0.2, -0.15) is 0 Å². The van der Waals surface area contributed by atoms with Crippen LogP contribution in [0.4, 0.5) is 0 Å². The van der Waals surface area contributed by atoms with E-state index in [4.69, 9.17) is 9.84 Å². The number of thiophene rings is 1. The maximum Gasteiger partial charge on any atom is 0.349 e. The van der Waals surface area contributed by atoms with Crippen molar-refractivity contribution in [3.05, 3.63) is 34.0 Å². The molecule has 0 saturated heterocycles. The monoisotopic (exact) mass is 266 g/mol. The summed E-state index contributed by atoms with van der Waals surface area (Å²) in [6, 6.07) is 1.75. The summed E-state index contributed by atoms with van der Waals surface area (Å²) >= 11 is 1.22. The van der Waals surface area contributed by atoms with Crippen LogP contribution in [0.5, 0.6) is 5.75 Å². The van der Waals surface area contributed by atoms with Crippen molar-refractivity contribution in [2.45, 2.75) is 27.0 Å². The summed E-state index contributed by atoms with van der Waals surface area (Å²) in [5.74, 6) is -0.527. The van der Waals surface area contributed by atoms with Gasteiger partial charge >= 0.3 is 5.97 Å². The molecule has 0 radical (unpaired) electrons. The predicted molar refractivity (Wildman–Crippen MR) is 68.2 cm³/mol. The number of hydrogen-bond acceptors (Lipinski definition) is 4. The zero-order valence-corrected chi connectivity index (χ0v) is 11.0. The van der Waals surface area contributed by atoms with Crippen LogP contribution < -0.4 is 4.74 Å². The normalized spacial score (nSPS) is 10.6. The number of carboxylic acid groups (broad SMARTS) is 1. The highest BCUT2D eigenvalue weighted by molar-refractivity contribution is 7.14. The Morgan fingerprint density at radius 3 is 3.06 bits per heavy atom. The Morgan fingerprint density at radius 2 is 2.39 bits per heavy atom. The molecule has 6 heteroatoms. The minimum atomic E-state index is -0.952. The van der Waals surface area contributed by atoms with Crippen LogP contribution in [0.25, 0.3) is 0 Å². The molecule has 2 heterocycles. The summed E-state index contributed by atoms with van der Waals surface area (Å²) in [4.78, 5) is 16.2. The smallest absolute Gasteiger partial charge is 0.349 e. The van der Waals surface area contributed by atoms with E-state index in [2.05, 4.69) is 4.98 Å². The first-order valence-corrected chi connectivity index (χ1v) is 6.39. The summed E-state index contributed by atoms with van der Waals surface area (Å²) in [5, 5.41) is 9.05. The zero-order valence-electron chi connectivity index (χ0n) is 10.2. The molecule has 0 aromatic carbocycles. The van der Waals surface area contributed by atoms with Crippen LogP contribution in [0.2, 0.25) is 0 Å². The fourth-order valence-corrected chi connectivity index (χ4v) is 2.45. The Kier molecular flexibility index (Phi) is 3.66. The van der Waals surface area contributed by atoms with Crippen molar-refractivity contribution in [3.63, 3.8) is 0 Å². The van der Waals surface area contributed by atoms with Crippen LogP contribution >= 0.6 is 11.3 Å². The Labute approximate surface area is 109 Å². The highest BCUT2D eigenvalue weighted by atomic mass is 32.1. The van der Waals surface area contributed by atoms with Gasteiger partial charge in [0.15, 0.2) is 4.88 Å². The van der Waals surface area contributed by atoms with Crippen LogP contribution in [0.1, 0.15) is 27.2 Å². The second-order valence-corrected chi connectivity index (χ2v) is 5.07. The molecule has 18 heavy (non-hydrogen) atoms. The van der Waals surface area contributed by atoms with E-state index in [-0.39, 0.29) is 4.88 Å². The molecule has 5 nitrogen and oxygen atoms in total. The van der Waals surface area contributed by atoms with Crippen LogP contribution in [0.3, 0.4) is 0 Å². The number of rotatable bonds is 5. The third kappa shape index (κ3) is 2.53. The summed E-state index contributed by atoms with van der Waals surface area (Å²) in [7, 11) is 0. The van der Waals surface area contributed by atoms with Crippen molar-refractivity contribution in [1.82, 2.24) is 9.55 Å². The minimum Gasteiger partial charge on any atom is -0.486 e. The molecule has 0 aliphatic heterocycles. The van der Waals surface area contributed by atoms with E-state index in [0.717, 1.165) is 17.1 Å². The summed E-state index contributed by atoms with van der Waals surface area (Å²) in [6.45, 7) is 5.01. The molecular formula is C12H14N2O3S. The standard InChI is InChI=1S/C12H14N2O3S/c1-3-14-7-13-5-9(14)6-17-10-4-8(2)18-11(10)12(15)16/h4-5,7H,3,6H2,1-2H3,(H,15,16). The molecule has 0 saturated carbocycles. The van der Waals surface area contributed by atoms with Gasteiger partial charge in [-0.05, 0) is 19.9 Å². The number of hydrogen-bond donors (Lipinski definition) is 1. The zero-order chi connectivity index (χ0) is 13.1. The van der Waals surface area contributed by atoms with Crippen molar-refractivity contribution in [3.8, 4) is 5.75 Å². The van der Waals surface area contributed by atoms with Crippen molar-refractivity contribution in [2.24, 2.45) is 0 Å². The van der Waals surface area contributed by atoms with E-state index in [1.165, 1.54) is 11.3 Å². The molecule has 0 atom stereocenters. The van der Waals surface area contributed by atoms with Crippen molar-refractivity contribution in [1.29, 1.82) is 0 Å².